The molecule has 0 aliphatic carbocycles. The van der Waals surface area contributed by atoms with Crippen molar-refractivity contribution in [2.75, 3.05) is 19.6 Å². The van der Waals surface area contributed by atoms with E-state index in [0.717, 1.165) is 41.3 Å². The second kappa shape index (κ2) is 16.2. The highest BCUT2D eigenvalue weighted by Crippen LogP contribution is 2.22. The number of aryl methyl sites for hydroxylation is 1. The molecule has 0 spiro atoms. The van der Waals surface area contributed by atoms with E-state index >= 15 is 0 Å². The van der Waals surface area contributed by atoms with Gasteiger partial charge in [-0.1, -0.05) is 38.1 Å². The van der Waals surface area contributed by atoms with E-state index < -0.39 is 23.8 Å². The van der Waals surface area contributed by atoms with E-state index in [1.54, 1.807) is 29.3 Å². The van der Waals surface area contributed by atoms with Gasteiger partial charge in [-0.2, -0.15) is 0 Å². The zero-order valence-corrected chi connectivity index (χ0v) is 26.6. The Kier molecular flexibility index (Phi) is 12.1. The SMILES string of the molecule is CCCN(CCC)C(=O)c1cc(C)cc(C(=O)N(Cc2cccc(-c3ccccn3)c2)C[C@@H](O)[C@@H](N)Cc2cc(F)cc(F)c2)c1. The predicted molar refractivity (Wildman–Crippen MR) is 176 cm³/mol. The Morgan fingerprint density at radius 3 is 2.09 bits per heavy atom. The van der Waals surface area contributed by atoms with Gasteiger partial charge in [-0.3, -0.25) is 14.6 Å². The molecular formula is C37H42F2N4O3. The molecule has 0 bridgehead atoms. The zero-order chi connectivity index (χ0) is 33.2. The molecule has 3 N–H and O–H groups in total. The summed E-state index contributed by atoms with van der Waals surface area (Å²) in [6, 6.07) is 20.6. The fraction of sp³-hybridized carbons (Fsp3) is 0.324. The van der Waals surface area contributed by atoms with Crippen LogP contribution in [0.4, 0.5) is 8.78 Å². The number of carbonyl (C=O) groups is 2. The van der Waals surface area contributed by atoms with Gasteiger partial charge in [0.2, 0.25) is 0 Å². The predicted octanol–water partition coefficient (Wildman–Crippen LogP) is 6.17. The molecule has 4 aromatic rings. The Balaban J connectivity index is 1.65. The number of rotatable bonds is 14. The van der Waals surface area contributed by atoms with Gasteiger partial charge in [0.1, 0.15) is 11.6 Å². The number of amides is 2. The Morgan fingerprint density at radius 1 is 0.826 bits per heavy atom. The smallest absolute Gasteiger partial charge is 0.254 e. The molecule has 4 rings (SSSR count). The maximum Gasteiger partial charge on any atom is 0.254 e. The van der Waals surface area contributed by atoms with Crippen LogP contribution in [0.15, 0.2) is 85.1 Å². The second-order valence-corrected chi connectivity index (χ2v) is 11.7. The normalized spacial score (nSPS) is 12.4. The van der Waals surface area contributed by atoms with E-state index in [0.29, 0.717) is 29.8 Å². The molecule has 0 aliphatic heterocycles. The van der Waals surface area contributed by atoms with Crippen LogP contribution < -0.4 is 5.73 Å². The lowest BCUT2D eigenvalue weighted by atomic mass is 10.00. The molecular weight excluding hydrogens is 586 g/mol. The average Bonchev–Trinajstić information content (AvgIpc) is 3.03. The molecule has 0 aliphatic rings. The van der Waals surface area contributed by atoms with Crippen LogP contribution in [0, 0.1) is 18.6 Å². The van der Waals surface area contributed by atoms with Crippen LogP contribution in [0.1, 0.15) is 64.1 Å². The summed E-state index contributed by atoms with van der Waals surface area (Å²) in [4.78, 5) is 35.4. The number of benzene rings is 3. The number of aromatic nitrogens is 1. The summed E-state index contributed by atoms with van der Waals surface area (Å²) in [6.07, 6.45) is 2.12. The van der Waals surface area contributed by atoms with Gasteiger partial charge in [0.25, 0.3) is 11.8 Å². The number of carbonyl (C=O) groups excluding carboxylic acids is 2. The Hall–Kier alpha value is -4.47. The van der Waals surface area contributed by atoms with Gasteiger partial charge in [-0.15, -0.1) is 0 Å². The van der Waals surface area contributed by atoms with E-state index in [-0.39, 0.29) is 31.3 Å². The van der Waals surface area contributed by atoms with Crippen molar-refractivity contribution in [3.8, 4) is 11.3 Å². The van der Waals surface area contributed by atoms with Gasteiger partial charge in [0, 0.05) is 61.2 Å². The third-order valence-electron chi connectivity index (χ3n) is 7.69. The van der Waals surface area contributed by atoms with Crippen LogP contribution in [0.25, 0.3) is 11.3 Å². The summed E-state index contributed by atoms with van der Waals surface area (Å²) < 4.78 is 27.6. The second-order valence-electron chi connectivity index (χ2n) is 11.7. The summed E-state index contributed by atoms with van der Waals surface area (Å²) in [5.41, 5.74) is 10.5. The molecule has 0 unspecified atom stereocenters. The molecule has 0 radical (unpaired) electrons. The van der Waals surface area contributed by atoms with Crippen LogP contribution >= 0.6 is 0 Å². The maximum absolute atomic E-state index is 14.2. The van der Waals surface area contributed by atoms with Crippen LogP contribution in [0.3, 0.4) is 0 Å². The molecule has 2 atom stereocenters. The largest absolute Gasteiger partial charge is 0.390 e. The van der Waals surface area contributed by atoms with Crippen LogP contribution in [-0.4, -0.2) is 63.5 Å². The van der Waals surface area contributed by atoms with Crippen molar-refractivity contribution in [3.05, 3.63) is 125 Å². The van der Waals surface area contributed by atoms with Crippen LogP contribution in [0.2, 0.25) is 0 Å². The topological polar surface area (TPSA) is 99.8 Å². The molecule has 0 fully saturated rings. The van der Waals surface area contributed by atoms with E-state index in [1.165, 1.54) is 17.0 Å². The quantitative estimate of drug-likeness (QED) is 0.174. The Labute approximate surface area is 269 Å². The highest BCUT2D eigenvalue weighted by molar-refractivity contribution is 6.00. The van der Waals surface area contributed by atoms with Crippen molar-refractivity contribution in [2.45, 2.75) is 58.7 Å². The summed E-state index contributed by atoms with van der Waals surface area (Å²) in [5.74, 6) is -1.99. The van der Waals surface area contributed by atoms with Crippen molar-refractivity contribution in [3.63, 3.8) is 0 Å². The van der Waals surface area contributed by atoms with Crippen molar-refractivity contribution < 1.29 is 23.5 Å². The average molecular weight is 629 g/mol. The standard InChI is InChI=1S/C37H42F2N4O3/c1-4-13-42(14-5-2)36(45)29-15-25(3)16-30(21-29)37(46)43(23-26-9-8-10-28(17-26)34-11-6-7-12-41-34)24-35(44)33(40)20-27-18-31(38)22-32(39)19-27/h6-12,15-19,21-22,33,35,44H,4-5,13-14,20,23-24,40H2,1-3H3/t33-,35+/m0/s1. The lowest BCUT2D eigenvalue weighted by Crippen LogP contribution is -2.46. The minimum atomic E-state index is -1.22. The van der Waals surface area contributed by atoms with Crippen molar-refractivity contribution in [1.82, 2.24) is 14.8 Å². The summed E-state index contributed by atoms with van der Waals surface area (Å²) in [6.45, 7) is 7.07. The first-order chi connectivity index (χ1) is 22.1. The minimum Gasteiger partial charge on any atom is -0.390 e. The molecule has 7 nitrogen and oxygen atoms in total. The first-order valence-electron chi connectivity index (χ1n) is 15.7. The highest BCUT2D eigenvalue weighted by Gasteiger charge is 2.26. The molecule has 1 heterocycles. The summed E-state index contributed by atoms with van der Waals surface area (Å²) in [5, 5.41) is 11.2. The summed E-state index contributed by atoms with van der Waals surface area (Å²) >= 11 is 0. The third kappa shape index (κ3) is 9.28. The molecule has 2 amide bonds. The number of hydrogen-bond donors (Lipinski definition) is 2. The molecule has 46 heavy (non-hydrogen) atoms. The Morgan fingerprint density at radius 2 is 1.48 bits per heavy atom. The van der Waals surface area contributed by atoms with E-state index in [2.05, 4.69) is 4.98 Å². The first kappa shape index (κ1) is 34.4. The fourth-order valence-electron chi connectivity index (χ4n) is 5.55. The van der Waals surface area contributed by atoms with Crippen molar-refractivity contribution in [1.29, 1.82) is 0 Å². The van der Waals surface area contributed by atoms with Gasteiger partial charge in [0.15, 0.2) is 0 Å². The van der Waals surface area contributed by atoms with Crippen LogP contribution in [0.5, 0.6) is 0 Å². The highest BCUT2D eigenvalue weighted by atomic mass is 19.1. The third-order valence-corrected chi connectivity index (χ3v) is 7.69. The minimum absolute atomic E-state index is 0.000819. The van der Waals surface area contributed by atoms with Gasteiger partial charge >= 0.3 is 0 Å². The number of pyridine rings is 1. The number of aliphatic hydroxyl groups is 1. The Bertz CT molecular complexity index is 1610. The van der Waals surface area contributed by atoms with E-state index in [4.69, 9.17) is 5.73 Å². The maximum atomic E-state index is 14.2. The molecule has 1 aromatic heterocycles. The van der Waals surface area contributed by atoms with E-state index in [9.17, 15) is 23.5 Å². The number of nitrogens with zero attached hydrogens (tertiary/aromatic N) is 3. The summed E-state index contributed by atoms with van der Waals surface area (Å²) in [7, 11) is 0. The van der Waals surface area contributed by atoms with Gasteiger partial charge in [-0.05, 0) is 91.4 Å². The van der Waals surface area contributed by atoms with Crippen LogP contribution in [-0.2, 0) is 13.0 Å². The number of halogens is 2. The van der Waals surface area contributed by atoms with E-state index in [1.807, 2.05) is 63.2 Å². The monoisotopic (exact) mass is 628 g/mol. The number of aliphatic hydroxyl groups excluding tert-OH is 1. The number of nitrogens with two attached hydrogens (primary N) is 1. The first-order valence-corrected chi connectivity index (χ1v) is 15.7. The molecule has 0 saturated heterocycles. The lowest BCUT2D eigenvalue weighted by Gasteiger charge is -2.29. The molecule has 242 valence electrons. The van der Waals surface area contributed by atoms with Crippen molar-refractivity contribution in [2.24, 2.45) is 5.73 Å². The van der Waals surface area contributed by atoms with Gasteiger partial charge in [-0.25, -0.2) is 8.78 Å². The lowest BCUT2D eigenvalue weighted by molar-refractivity contribution is 0.0554. The molecule has 9 heteroatoms. The van der Waals surface area contributed by atoms with Crippen molar-refractivity contribution >= 4 is 11.8 Å². The fourth-order valence-corrected chi connectivity index (χ4v) is 5.55. The number of hydrogen-bond acceptors (Lipinski definition) is 5. The molecule has 3 aromatic carbocycles. The van der Waals surface area contributed by atoms with Gasteiger partial charge in [0.05, 0.1) is 11.8 Å². The molecule has 0 saturated carbocycles. The zero-order valence-electron chi connectivity index (χ0n) is 26.6. The van der Waals surface area contributed by atoms with Gasteiger partial charge < -0.3 is 20.6 Å².